The molecule has 0 fully saturated rings. The second-order valence-corrected chi connectivity index (χ2v) is 3.00. The number of hydrogen-bond donors (Lipinski definition) is 0. The summed E-state index contributed by atoms with van der Waals surface area (Å²) in [6, 6.07) is 8.63. The van der Waals surface area contributed by atoms with Gasteiger partial charge in [0.2, 0.25) is 0 Å². The van der Waals surface area contributed by atoms with Gasteiger partial charge >= 0.3 is 29.6 Å². The van der Waals surface area contributed by atoms with Gasteiger partial charge in [0.25, 0.3) is 0 Å². The Morgan fingerprint density at radius 1 is 1.33 bits per heavy atom. The van der Waals surface area contributed by atoms with E-state index < -0.39 is 0 Å². The van der Waals surface area contributed by atoms with Gasteiger partial charge in [0.15, 0.2) is 0 Å². The summed E-state index contributed by atoms with van der Waals surface area (Å²) in [6.45, 7) is 2.23. The van der Waals surface area contributed by atoms with E-state index in [0.717, 1.165) is 0 Å². The third-order valence-corrected chi connectivity index (χ3v) is 2.34. The summed E-state index contributed by atoms with van der Waals surface area (Å²) in [5.41, 5.74) is 2.90. The molecule has 0 N–H and O–H groups in total. The van der Waals surface area contributed by atoms with Crippen molar-refractivity contribution in [3.8, 4) is 0 Å². The van der Waals surface area contributed by atoms with Crippen molar-refractivity contribution in [1.82, 2.24) is 0 Å². The molecule has 0 aromatic heterocycles. The summed E-state index contributed by atoms with van der Waals surface area (Å²) in [6.07, 6.45) is 5.74. The molecule has 1 aliphatic carbocycles. The zero-order valence-electron chi connectivity index (χ0n) is 8.75. The molecular weight excluding hydrogens is 155 g/mol. The van der Waals surface area contributed by atoms with Crippen LogP contribution in [0.2, 0.25) is 0 Å². The summed E-state index contributed by atoms with van der Waals surface area (Å²) in [5, 5.41) is 0. The molecule has 1 heteroatoms. The molecule has 0 saturated heterocycles. The predicted octanol–water partition coefficient (Wildman–Crippen LogP) is 0.323. The van der Waals surface area contributed by atoms with Gasteiger partial charge in [-0.2, -0.15) is 0 Å². The van der Waals surface area contributed by atoms with Gasteiger partial charge in [-0.1, -0.05) is 43.3 Å². The number of rotatable bonds is 1. The minimum absolute atomic E-state index is 0. The van der Waals surface area contributed by atoms with Crippen LogP contribution < -0.4 is 29.6 Å². The van der Waals surface area contributed by atoms with Gasteiger partial charge in [-0.3, -0.25) is 0 Å². The molecule has 0 aliphatic heterocycles. The Bertz CT molecular complexity index is 294. The van der Waals surface area contributed by atoms with E-state index >= 15 is 0 Å². The summed E-state index contributed by atoms with van der Waals surface area (Å²) < 4.78 is 0. The Balaban J connectivity index is 0.000000720. The molecule has 0 saturated carbocycles. The molecule has 1 aliphatic rings. The quantitative estimate of drug-likeness (QED) is 0.530. The molecular formula is C11H13Na. The van der Waals surface area contributed by atoms with E-state index in [1.165, 1.54) is 17.5 Å². The van der Waals surface area contributed by atoms with Gasteiger partial charge in [0.05, 0.1) is 0 Å². The molecule has 1 unspecified atom stereocenters. The van der Waals surface area contributed by atoms with Gasteiger partial charge < -0.3 is 1.43 Å². The first-order valence-electron chi connectivity index (χ1n) is 4.19. The molecule has 1 atom stereocenters. The molecule has 0 bridgehead atoms. The fourth-order valence-corrected chi connectivity index (χ4v) is 1.68. The maximum atomic E-state index is 2.30. The van der Waals surface area contributed by atoms with Crippen LogP contribution in [0.3, 0.4) is 0 Å². The van der Waals surface area contributed by atoms with Gasteiger partial charge in [0, 0.05) is 5.92 Å². The second kappa shape index (κ2) is 4.27. The van der Waals surface area contributed by atoms with E-state index in [0.29, 0.717) is 5.92 Å². The SMILES string of the molecule is CCC1C=Cc2ccccc21.[H-].[Na+]. The van der Waals surface area contributed by atoms with Crippen LogP contribution in [0.4, 0.5) is 0 Å². The maximum Gasteiger partial charge on any atom is 1.00 e. The Hall–Kier alpha value is -0.0400. The van der Waals surface area contributed by atoms with Gasteiger partial charge in [-0.25, -0.2) is 0 Å². The topological polar surface area (TPSA) is 0 Å². The van der Waals surface area contributed by atoms with Crippen molar-refractivity contribution in [2.45, 2.75) is 19.3 Å². The minimum atomic E-state index is 0. The van der Waals surface area contributed by atoms with E-state index in [4.69, 9.17) is 0 Å². The minimum Gasteiger partial charge on any atom is -1.00 e. The Morgan fingerprint density at radius 2 is 2.08 bits per heavy atom. The molecule has 1 aromatic rings. The number of hydrogen-bond acceptors (Lipinski definition) is 0. The molecule has 2 rings (SSSR count). The van der Waals surface area contributed by atoms with Crippen molar-refractivity contribution in [3.63, 3.8) is 0 Å². The van der Waals surface area contributed by atoms with Crippen LogP contribution in [0.1, 0.15) is 31.8 Å². The monoisotopic (exact) mass is 168 g/mol. The van der Waals surface area contributed by atoms with Crippen LogP contribution in [0, 0.1) is 0 Å². The largest absolute Gasteiger partial charge is 1.00 e. The van der Waals surface area contributed by atoms with Crippen LogP contribution >= 0.6 is 0 Å². The third-order valence-electron chi connectivity index (χ3n) is 2.34. The molecule has 0 amide bonds. The summed E-state index contributed by atoms with van der Waals surface area (Å²) >= 11 is 0. The zero-order valence-corrected chi connectivity index (χ0v) is 9.75. The predicted molar refractivity (Wildman–Crippen MR) is 49.6 cm³/mol. The molecule has 0 radical (unpaired) electrons. The van der Waals surface area contributed by atoms with E-state index in [9.17, 15) is 0 Å². The maximum absolute atomic E-state index is 2.30. The van der Waals surface area contributed by atoms with Crippen molar-refractivity contribution in [3.05, 3.63) is 41.5 Å². The fraction of sp³-hybridized carbons (Fsp3) is 0.273. The van der Waals surface area contributed by atoms with Crippen LogP contribution in [-0.2, 0) is 0 Å². The molecule has 1 aromatic carbocycles. The van der Waals surface area contributed by atoms with Crippen molar-refractivity contribution in [2.75, 3.05) is 0 Å². The number of benzene rings is 1. The summed E-state index contributed by atoms with van der Waals surface area (Å²) in [4.78, 5) is 0. The van der Waals surface area contributed by atoms with Gasteiger partial charge in [-0.15, -0.1) is 0 Å². The average molecular weight is 168 g/mol. The number of allylic oxidation sites excluding steroid dienone is 1. The standard InChI is InChI=1S/C11H12.Na.H/c1-2-9-7-8-10-5-3-4-6-11(9)10;;/h3-9H,2H2,1H3;;/q;+1;-1. The summed E-state index contributed by atoms with van der Waals surface area (Å²) in [7, 11) is 0. The van der Waals surface area contributed by atoms with Gasteiger partial charge in [-0.05, 0) is 17.5 Å². The van der Waals surface area contributed by atoms with E-state index in [2.05, 4.69) is 43.3 Å². The smallest absolute Gasteiger partial charge is 1.00 e. The van der Waals surface area contributed by atoms with Crippen LogP contribution in [-0.4, -0.2) is 0 Å². The normalized spacial score (nSPS) is 18.6. The first-order valence-corrected chi connectivity index (χ1v) is 4.19. The Kier molecular flexibility index (Phi) is 3.57. The van der Waals surface area contributed by atoms with Crippen molar-refractivity contribution in [1.29, 1.82) is 0 Å². The van der Waals surface area contributed by atoms with Crippen molar-refractivity contribution >= 4 is 6.08 Å². The molecule has 0 spiro atoms. The van der Waals surface area contributed by atoms with Crippen LogP contribution in [0.25, 0.3) is 6.08 Å². The summed E-state index contributed by atoms with van der Waals surface area (Å²) in [5.74, 6) is 0.672. The third kappa shape index (κ3) is 1.66. The first-order chi connectivity index (χ1) is 5.42. The van der Waals surface area contributed by atoms with Crippen molar-refractivity contribution in [2.24, 2.45) is 0 Å². The number of fused-ring (bicyclic) bond motifs is 1. The van der Waals surface area contributed by atoms with Crippen molar-refractivity contribution < 1.29 is 31.0 Å². The molecule has 0 nitrogen and oxygen atoms in total. The molecule has 0 heterocycles. The Labute approximate surface area is 97.5 Å². The fourth-order valence-electron chi connectivity index (χ4n) is 1.68. The Morgan fingerprint density at radius 3 is 2.83 bits per heavy atom. The average Bonchev–Trinajstić information content (AvgIpc) is 2.47. The molecule has 58 valence electrons. The van der Waals surface area contributed by atoms with E-state index in [-0.39, 0.29) is 31.0 Å². The zero-order chi connectivity index (χ0) is 7.68. The van der Waals surface area contributed by atoms with Crippen LogP contribution in [0.15, 0.2) is 30.3 Å². The second-order valence-electron chi connectivity index (χ2n) is 3.00. The van der Waals surface area contributed by atoms with Crippen LogP contribution in [0.5, 0.6) is 0 Å². The first kappa shape index (κ1) is 10.0. The molecule has 12 heavy (non-hydrogen) atoms. The van der Waals surface area contributed by atoms with E-state index in [1.807, 2.05) is 0 Å². The van der Waals surface area contributed by atoms with Gasteiger partial charge in [0.1, 0.15) is 0 Å². The van der Waals surface area contributed by atoms with E-state index in [1.54, 1.807) is 0 Å².